The highest BCUT2D eigenvalue weighted by Gasteiger charge is 2.37. The summed E-state index contributed by atoms with van der Waals surface area (Å²) in [6.45, 7) is 0.890. The lowest BCUT2D eigenvalue weighted by Crippen LogP contribution is -2.47. The van der Waals surface area contributed by atoms with Gasteiger partial charge in [0.25, 0.3) is 5.91 Å². The number of fused-ring (bicyclic) bond motifs is 2. The molecule has 11 heteroatoms. The number of nitrogens with zero attached hydrogens (tertiary/aromatic N) is 6. The second-order valence-electron chi connectivity index (χ2n) is 10.00. The summed E-state index contributed by atoms with van der Waals surface area (Å²) in [7, 11) is 3.43. The number of anilines is 1. The third-order valence-electron chi connectivity index (χ3n) is 7.43. The zero-order valence-electron chi connectivity index (χ0n) is 22.9. The molecule has 0 unspecified atom stereocenters. The van der Waals surface area contributed by atoms with Crippen molar-refractivity contribution in [2.75, 3.05) is 25.2 Å². The van der Waals surface area contributed by atoms with Crippen molar-refractivity contribution in [3.63, 3.8) is 0 Å². The van der Waals surface area contributed by atoms with Gasteiger partial charge in [-0.2, -0.15) is 0 Å². The molecule has 1 aliphatic heterocycles. The molecule has 0 bridgehead atoms. The lowest BCUT2D eigenvalue weighted by atomic mass is 10.1. The Morgan fingerprint density at radius 1 is 1.05 bits per heavy atom. The van der Waals surface area contributed by atoms with E-state index < -0.39 is 6.04 Å². The number of ether oxygens (including phenoxy) is 2. The number of methoxy groups -OCH3 is 1. The summed E-state index contributed by atoms with van der Waals surface area (Å²) in [5.74, 6) is 0.357. The summed E-state index contributed by atoms with van der Waals surface area (Å²) in [4.78, 5) is 34.7. The number of aromatic nitrogens is 5. The maximum Gasteiger partial charge on any atom is 0.251 e. The SMILES string of the molecule is COc1ccc(N(C(=O)Cn2nnc3ccccc32)[C@@H](C(=O)NC[C@H]2CCCO2)c2nc3ccccc3n2C)cc1. The number of para-hydroxylation sites is 3. The van der Waals surface area contributed by atoms with Gasteiger partial charge in [-0.1, -0.05) is 29.5 Å². The van der Waals surface area contributed by atoms with Gasteiger partial charge in [0.05, 0.1) is 29.8 Å². The first-order chi connectivity index (χ1) is 20.0. The first kappa shape index (κ1) is 26.5. The predicted octanol–water partition coefficient (Wildman–Crippen LogP) is 3.40. The summed E-state index contributed by atoms with van der Waals surface area (Å²) in [5, 5.41) is 11.5. The van der Waals surface area contributed by atoms with Crippen LogP contribution in [0.25, 0.3) is 22.1 Å². The van der Waals surface area contributed by atoms with Crippen molar-refractivity contribution in [3.8, 4) is 5.75 Å². The fourth-order valence-corrected chi connectivity index (χ4v) is 5.29. The number of benzene rings is 3. The van der Waals surface area contributed by atoms with Crippen LogP contribution in [0.3, 0.4) is 0 Å². The molecule has 210 valence electrons. The van der Waals surface area contributed by atoms with E-state index in [4.69, 9.17) is 14.5 Å². The highest BCUT2D eigenvalue weighted by molar-refractivity contribution is 6.01. The molecule has 41 heavy (non-hydrogen) atoms. The minimum Gasteiger partial charge on any atom is -0.497 e. The van der Waals surface area contributed by atoms with Crippen LogP contribution in [0.4, 0.5) is 5.69 Å². The standard InChI is InChI=1S/C30H31N7O4/c1-35-25-11-5-3-9-23(25)32-29(35)28(30(39)31-18-22-8-7-17-41-22)37(20-13-15-21(40-2)16-14-20)27(38)19-36-26-12-6-4-10-24(26)33-34-36/h3-6,9-16,22,28H,7-8,17-19H2,1-2H3,(H,31,39)/t22-,28-/m1/s1. The summed E-state index contributed by atoms with van der Waals surface area (Å²) in [6.07, 6.45) is 1.76. The Morgan fingerprint density at radius 3 is 2.49 bits per heavy atom. The Labute approximate surface area is 236 Å². The quantitative estimate of drug-likeness (QED) is 0.297. The molecule has 5 aromatic rings. The average Bonchev–Trinajstić information content (AvgIpc) is 3.75. The molecule has 2 atom stereocenters. The van der Waals surface area contributed by atoms with Crippen LogP contribution in [0.2, 0.25) is 0 Å². The Bertz CT molecular complexity index is 1690. The monoisotopic (exact) mass is 553 g/mol. The lowest BCUT2D eigenvalue weighted by molar-refractivity contribution is -0.127. The van der Waals surface area contributed by atoms with E-state index in [0.29, 0.717) is 35.9 Å². The highest BCUT2D eigenvalue weighted by Crippen LogP contribution is 2.31. The number of amides is 2. The van der Waals surface area contributed by atoms with Crippen molar-refractivity contribution >= 4 is 39.6 Å². The van der Waals surface area contributed by atoms with Gasteiger partial charge < -0.3 is 19.4 Å². The Morgan fingerprint density at radius 2 is 1.78 bits per heavy atom. The van der Waals surface area contributed by atoms with E-state index in [0.717, 1.165) is 29.4 Å². The fourth-order valence-electron chi connectivity index (χ4n) is 5.29. The van der Waals surface area contributed by atoms with Crippen LogP contribution in [0.5, 0.6) is 5.75 Å². The van der Waals surface area contributed by atoms with Gasteiger partial charge in [0.15, 0.2) is 6.04 Å². The molecule has 6 rings (SSSR count). The van der Waals surface area contributed by atoms with E-state index in [9.17, 15) is 9.59 Å². The molecular formula is C30H31N7O4. The summed E-state index contributed by atoms with van der Waals surface area (Å²) in [6, 6.07) is 21.0. The van der Waals surface area contributed by atoms with Crippen molar-refractivity contribution in [2.24, 2.45) is 7.05 Å². The third kappa shape index (κ3) is 5.23. The number of hydrogen-bond acceptors (Lipinski definition) is 7. The Hall–Kier alpha value is -4.77. The largest absolute Gasteiger partial charge is 0.497 e. The maximum absolute atomic E-state index is 14.3. The fraction of sp³-hybridized carbons (Fsp3) is 0.300. The Balaban J connectivity index is 1.44. The predicted molar refractivity (Wildman–Crippen MR) is 153 cm³/mol. The molecule has 2 amide bonds. The topological polar surface area (TPSA) is 116 Å². The molecule has 1 N–H and O–H groups in total. The molecule has 1 saturated heterocycles. The third-order valence-corrected chi connectivity index (χ3v) is 7.43. The van der Waals surface area contributed by atoms with Gasteiger partial charge in [0.1, 0.15) is 23.6 Å². The number of hydrogen-bond donors (Lipinski definition) is 1. The van der Waals surface area contributed by atoms with Gasteiger partial charge in [-0.25, -0.2) is 9.67 Å². The van der Waals surface area contributed by atoms with E-state index >= 15 is 0 Å². The molecular weight excluding hydrogens is 522 g/mol. The summed E-state index contributed by atoms with van der Waals surface area (Å²) < 4.78 is 14.5. The van der Waals surface area contributed by atoms with Gasteiger partial charge in [0.2, 0.25) is 5.91 Å². The normalized spacial score (nSPS) is 15.7. The number of carbonyl (C=O) groups is 2. The minimum atomic E-state index is -1.08. The molecule has 11 nitrogen and oxygen atoms in total. The molecule has 0 aliphatic carbocycles. The van der Waals surface area contributed by atoms with Gasteiger partial charge in [0, 0.05) is 25.9 Å². The van der Waals surface area contributed by atoms with Crippen molar-refractivity contribution in [1.82, 2.24) is 29.9 Å². The van der Waals surface area contributed by atoms with Crippen LogP contribution in [-0.2, 0) is 27.9 Å². The molecule has 0 radical (unpaired) electrons. The van der Waals surface area contributed by atoms with Crippen LogP contribution in [-0.4, -0.2) is 62.7 Å². The first-order valence-electron chi connectivity index (χ1n) is 13.6. The van der Waals surface area contributed by atoms with Gasteiger partial charge >= 0.3 is 0 Å². The second-order valence-corrected chi connectivity index (χ2v) is 10.00. The Kier molecular flexibility index (Phi) is 7.34. The van der Waals surface area contributed by atoms with Crippen molar-refractivity contribution in [3.05, 3.63) is 78.6 Å². The van der Waals surface area contributed by atoms with Crippen molar-refractivity contribution < 1.29 is 19.1 Å². The summed E-state index contributed by atoms with van der Waals surface area (Å²) >= 11 is 0. The molecule has 1 aliphatic rings. The highest BCUT2D eigenvalue weighted by atomic mass is 16.5. The number of nitrogens with one attached hydrogen (secondary N) is 1. The molecule has 3 heterocycles. The van der Waals surface area contributed by atoms with E-state index in [2.05, 4.69) is 15.6 Å². The van der Waals surface area contributed by atoms with Gasteiger partial charge in [-0.05, 0) is 61.4 Å². The summed E-state index contributed by atoms with van der Waals surface area (Å²) in [5.41, 5.74) is 3.50. The maximum atomic E-state index is 14.3. The number of carbonyl (C=O) groups excluding carboxylic acids is 2. The average molecular weight is 554 g/mol. The molecule has 0 spiro atoms. The van der Waals surface area contributed by atoms with E-state index in [1.807, 2.05) is 60.1 Å². The van der Waals surface area contributed by atoms with Crippen LogP contribution >= 0.6 is 0 Å². The van der Waals surface area contributed by atoms with Crippen LogP contribution in [0, 0.1) is 0 Å². The molecule has 2 aromatic heterocycles. The van der Waals surface area contributed by atoms with Crippen molar-refractivity contribution in [1.29, 1.82) is 0 Å². The molecule has 1 fully saturated rings. The zero-order chi connectivity index (χ0) is 28.3. The second kappa shape index (κ2) is 11.4. The van der Waals surface area contributed by atoms with E-state index in [-0.39, 0.29) is 24.5 Å². The smallest absolute Gasteiger partial charge is 0.251 e. The molecule has 3 aromatic carbocycles. The number of rotatable bonds is 9. The zero-order valence-corrected chi connectivity index (χ0v) is 22.9. The van der Waals surface area contributed by atoms with E-state index in [1.54, 1.807) is 36.1 Å². The lowest BCUT2D eigenvalue weighted by Gasteiger charge is -2.31. The number of imidazole rings is 1. The van der Waals surface area contributed by atoms with Crippen LogP contribution in [0.15, 0.2) is 72.8 Å². The number of aryl methyl sites for hydroxylation is 1. The molecule has 0 saturated carbocycles. The van der Waals surface area contributed by atoms with Gasteiger partial charge in [-0.15, -0.1) is 5.10 Å². The minimum absolute atomic E-state index is 0.0632. The van der Waals surface area contributed by atoms with Crippen molar-refractivity contribution in [2.45, 2.75) is 31.5 Å². The van der Waals surface area contributed by atoms with Crippen LogP contribution in [0.1, 0.15) is 24.7 Å². The van der Waals surface area contributed by atoms with Gasteiger partial charge in [-0.3, -0.25) is 14.5 Å². The van der Waals surface area contributed by atoms with Crippen LogP contribution < -0.4 is 15.0 Å². The van der Waals surface area contributed by atoms with E-state index in [1.165, 1.54) is 4.90 Å². The first-order valence-corrected chi connectivity index (χ1v) is 13.6.